The number of aliphatic hydroxyl groups excluding tert-OH is 1. The summed E-state index contributed by atoms with van der Waals surface area (Å²) in [6.45, 7) is 8.76. The lowest BCUT2D eigenvalue weighted by Crippen LogP contribution is -2.48. The first-order chi connectivity index (χ1) is 9.33. The molecular formula is C16H25NO3. The molecule has 0 saturated heterocycles. The van der Waals surface area contributed by atoms with Crippen LogP contribution in [0.1, 0.15) is 53.4 Å². The molecule has 112 valence electrons. The summed E-state index contributed by atoms with van der Waals surface area (Å²) in [4.78, 5) is 16.8. The van der Waals surface area contributed by atoms with Crippen LogP contribution >= 0.6 is 0 Å². The van der Waals surface area contributed by atoms with Gasteiger partial charge >= 0.3 is 5.97 Å². The smallest absolute Gasteiger partial charge is 0.334 e. The summed E-state index contributed by atoms with van der Waals surface area (Å²) in [5.74, 6) is 0.0334. The van der Waals surface area contributed by atoms with Gasteiger partial charge in [0.05, 0.1) is 11.8 Å². The number of hydrogen-bond donors (Lipinski definition) is 1. The fourth-order valence-electron chi connectivity index (χ4n) is 4.48. The maximum absolute atomic E-state index is 12.2. The van der Waals surface area contributed by atoms with Crippen LogP contribution in [0.2, 0.25) is 0 Å². The van der Waals surface area contributed by atoms with E-state index in [9.17, 15) is 9.90 Å². The molecule has 0 unspecified atom stereocenters. The molecular weight excluding hydrogens is 254 g/mol. The van der Waals surface area contributed by atoms with E-state index in [2.05, 4.69) is 25.8 Å². The molecule has 0 amide bonds. The van der Waals surface area contributed by atoms with Gasteiger partial charge in [0.25, 0.3) is 0 Å². The summed E-state index contributed by atoms with van der Waals surface area (Å²) in [7, 11) is 0. The highest BCUT2D eigenvalue weighted by atomic mass is 16.5. The van der Waals surface area contributed by atoms with Crippen molar-refractivity contribution in [3.63, 3.8) is 0 Å². The Morgan fingerprint density at radius 3 is 2.80 bits per heavy atom. The lowest BCUT2D eigenvalue weighted by atomic mass is 9.70. The highest BCUT2D eigenvalue weighted by Crippen LogP contribution is 2.65. The molecule has 3 rings (SSSR count). The number of esters is 1. The predicted molar refractivity (Wildman–Crippen MR) is 76.6 cm³/mol. The van der Waals surface area contributed by atoms with Gasteiger partial charge < -0.3 is 9.84 Å². The zero-order valence-corrected chi connectivity index (χ0v) is 12.8. The van der Waals surface area contributed by atoms with Crippen LogP contribution in [0.4, 0.5) is 0 Å². The lowest BCUT2D eigenvalue weighted by molar-refractivity contribution is -0.154. The Bertz CT molecular complexity index is 470. The Morgan fingerprint density at radius 1 is 1.45 bits per heavy atom. The molecule has 2 saturated carbocycles. The van der Waals surface area contributed by atoms with Crippen molar-refractivity contribution < 1.29 is 14.6 Å². The zero-order valence-electron chi connectivity index (χ0n) is 12.8. The van der Waals surface area contributed by atoms with Gasteiger partial charge in [0.15, 0.2) is 6.04 Å². The predicted octanol–water partition coefficient (Wildman–Crippen LogP) is 2.34. The van der Waals surface area contributed by atoms with Crippen molar-refractivity contribution in [2.75, 3.05) is 0 Å². The van der Waals surface area contributed by atoms with Crippen LogP contribution in [0.15, 0.2) is 4.99 Å². The number of aliphatic hydroxyl groups is 1. The van der Waals surface area contributed by atoms with Crippen LogP contribution in [0, 0.1) is 16.7 Å². The fraction of sp³-hybridized carbons (Fsp3) is 0.875. The van der Waals surface area contributed by atoms with Crippen LogP contribution < -0.4 is 0 Å². The Kier molecular flexibility index (Phi) is 3.02. The van der Waals surface area contributed by atoms with Crippen molar-refractivity contribution in [2.24, 2.45) is 21.7 Å². The Hall–Kier alpha value is -0.900. The van der Waals surface area contributed by atoms with Gasteiger partial charge in [-0.1, -0.05) is 34.1 Å². The van der Waals surface area contributed by atoms with Gasteiger partial charge in [-0.3, -0.25) is 4.99 Å². The number of ether oxygens (including phenoxy) is 1. The van der Waals surface area contributed by atoms with Gasteiger partial charge in [-0.05, 0) is 24.7 Å². The van der Waals surface area contributed by atoms with Gasteiger partial charge in [-0.15, -0.1) is 0 Å². The molecule has 5 atom stereocenters. The third-order valence-electron chi connectivity index (χ3n) is 6.22. The second-order valence-corrected chi connectivity index (χ2v) is 7.37. The first kappa shape index (κ1) is 14.1. The zero-order chi connectivity index (χ0) is 14.7. The van der Waals surface area contributed by atoms with Gasteiger partial charge in [-0.2, -0.15) is 0 Å². The number of nitrogens with zero attached hydrogens (tertiary/aromatic N) is 1. The molecule has 1 N–H and O–H groups in total. The van der Waals surface area contributed by atoms with Crippen molar-refractivity contribution in [1.29, 1.82) is 0 Å². The highest BCUT2D eigenvalue weighted by Gasteiger charge is 2.67. The summed E-state index contributed by atoms with van der Waals surface area (Å²) in [6, 6.07) is -0.715. The molecule has 2 bridgehead atoms. The molecule has 4 nitrogen and oxygen atoms in total. The molecule has 0 aromatic rings. The number of hydrogen-bond acceptors (Lipinski definition) is 4. The summed E-state index contributed by atoms with van der Waals surface area (Å²) in [6.07, 6.45) is 2.76. The summed E-state index contributed by atoms with van der Waals surface area (Å²) in [5.41, 5.74) is 1.15. The van der Waals surface area contributed by atoms with E-state index >= 15 is 0 Å². The summed E-state index contributed by atoms with van der Waals surface area (Å²) in [5, 5.41) is 10.1. The van der Waals surface area contributed by atoms with Crippen LogP contribution in [0.25, 0.3) is 0 Å². The lowest BCUT2D eigenvalue weighted by Gasteiger charge is -2.36. The quantitative estimate of drug-likeness (QED) is 0.807. The molecule has 1 aliphatic heterocycles. The molecule has 0 radical (unpaired) electrons. The van der Waals surface area contributed by atoms with E-state index in [1.165, 1.54) is 0 Å². The van der Waals surface area contributed by atoms with Crippen molar-refractivity contribution >= 4 is 11.7 Å². The Morgan fingerprint density at radius 2 is 2.15 bits per heavy atom. The van der Waals surface area contributed by atoms with Gasteiger partial charge in [-0.25, -0.2) is 4.79 Å². The Balaban J connectivity index is 1.98. The highest BCUT2D eigenvalue weighted by molar-refractivity contribution is 6.03. The largest absolute Gasteiger partial charge is 0.454 e. The van der Waals surface area contributed by atoms with E-state index < -0.39 is 12.1 Å². The summed E-state index contributed by atoms with van der Waals surface area (Å²) < 4.78 is 5.70. The third-order valence-corrected chi connectivity index (χ3v) is 6.22. The minimum absolute atomic E-state index is 0.00716. The van der Waals surface area contributed by atoms with Gasteiger partial charge in [0, 0.05) is 11.3 Å². The van der Waals surface area contributed by atoms with E-state index in [4.69, 9.17) is 4.74 Å². The molecule has 3 aliphatic rings. The van der Waals surface area contributed by atoms with Crippen LogP contribution in [0.5, 0.6) is 0 Å². The number of carbonyl (C=O) groups excluding carboxylic acids is 1. The van der Waals surface area contributed by atoms with Gasteiger partial charge in [0.2, 0.25) is 0 Å². The SMILES string of the molecule is CCC[C@H](O)[C@@H]1N=C2[C@H](OC1=O)[C@H]1CC[C@]2(C)C1(C)C. The molecule has 0 spiro atoms. The van der Waals surface area contributed by atoms with E-state index in [-0.39, 0.29) is 22.9 Å². The van der Waals surface area contributed by atoms with Crippen molar-refractivity contribution in [2.45, 2.75) is 71.6 Å². The molecule has 2 aliphatic carbocycles. The first-order valence-electron chi connectivity index (χ1n) is 7.79. The van der Waals surface area contributed by atoms with Crippen LogP contribution in [0.3, 0.4) is 0 Å². The summed E-state index contributed by atoms with van der Waals surface area (Å²) >= 11 is 0. The van der Waals surface area contributed by atoms with Crippen LogP contribution in [-0.2, 0) is 9.53 Å². The maximum atomic E-state index is 12.2. The molecule has 1 heterocycles. The van der Waals surface area contributed by atoms with E-state index in [0.717, 1.165) is 25.0 Å². The van der Waals surface area contributed by atoms with Gasteiger partial charge in [0.1, 0.15) is 6.10 Å². The van der Waals surface area contributed by atoms with E-state index in [1.807, 2.05) is 6.92 Å². The normalized spacial score (nSPS) is 43.0. The minimum Gasteiger partial charge on any atom is -0.454 e. The standard InChI is InChI=1S/C16H25NO3/c1-5-6-10(18)11-14(19)20-12-9-7-8-16(4,13(12)17-11)15(9,2)3/h9-12,18H,5-8H2,1-4H3/t9-,10+,11+,12-,16+/m1/s1. The number of carbonyl (C=O) groups is 1. The monoisotopic (exact) mass is 279 g/mol. The molecule has 2 fully saturated rings. The first-order valence-corrected chi connectivity index (χ1v) is 7.79. The van der Waals surface area contributed by atoms with Crippen molar-refractivity contribution in [1.82, 2.24) is 0 Å². The number of fused-ring (bicyclic) bond motifs is 5. The molecule has 0 aromatic heterocycles. The molecule has 20 heavy (non-hydrogen) atoms. The van der Waals surface area contributed by atoms with E-state index in [0.29, 0.717) is 12.3 Å². The average Bonchev–Trinajstić information content (AvgIpc) is 2.69. The van der Waals surface area contributed by atoms with Crippen molar-refractivity contribution in [3.05, 3.63) is 0 Å². The second kappa shape index (κ2) is 4.30. The molecule has 4 heteroatoms. The topological polar surface area (TPSA) is 58.9 Å². The second-order valence-electron chi connectivity index (χ2n) is 7.37. The third kappa shape index (κ3) is 1.57. The average molecular weight is 279 g/mol. The number of rotatable bonds is 3. The Labute approximate surface area is 120 Å². The van der Waals surface area contributed by atoms with Crippen LogP contribution in [-0.4, -0.2) is 35.0 Å². The van der Waals surface area contributed by atoms with E-state index in [1.54, 1.807) is 0 Å². The fourth-order valence-corrected chi connectivity index (χ4v) is 4.48. The molecule has 0 aromatic carbocycles. The maximum Gasteiger partial charge on any atom is 0.334 e. The van der Waals surface area contributed by atoms with Crippen molar-refractivity contribution in [3.8, 4) is 0 Å². The number of aliphatic imine (C=N–C) groups is 1. The minimum atomic E-state index is -0.716.